The molecule has 1 unspecified atom stereocenters. The van der Waals surface area contributed by atoms with Crippen LogP contribution in [0.15, 0.2) is 0 Å². The van der Waals surface area contributed by atoms with Gasteiger partial charge in [-0.1, -0.05) is 125 Å². The highest BCUT2D eigenvalue weighted by Gasteiger charge is 2.27. The molecule has 4 heteroatoms. The van der Waals surface area contributed by atoms with Gasteiger partial charge in [-0.3, -0.25) is 0 Å². The molecule has 0 radical (unpaired) electrons. The first-order chi connectivity index (χ1) is 15.5. The Balaban J connectivity index is 3.87. The lowest BCUT2D eigenvalue weighted by molar-refractivity contribution is 0.233. The number of nitriles is 1. The zero-order chi connectivity index (χ0) is 23.9. The van der Waals surface area contributed by atoms with Gasteiger partial charge in [-0.05, 0) is 24.7 Å². The van der Waals surface area contributed by atoms with Crippen LogP contribution < -0.4 is 0 Å². The van der Waals surface area contributed by atoms with E-state index in [0.717, 1.165) is 19.4 Å². The molecule has 0 aromatic rings. The maximum atomic E-state index is 8.86. The van der Waals surface area contributed by atoms with Crippen molar-refractivity contribution < 1.29 is 9.05 Å². The lowest BCUT2D eigenvalue weighted by Gasteiger charge is -2.29. The normalized spacial score (nSPS) is 13.6. The first kappa shape index (κ1) is 31.8. The minimum absolute atomic E-state index is 0.454. The summed E-state index contributed by atoms with van der Waals surface area (Å²) in [5.74, 6) is 1.26. The fraction of sp³-hybridized carbons (Fsp3) is 0.964. The topological polar surface area (TPSA) is 42.2 Å². The summed E-state index contributed by atoms with van der Waals surface area (Å²) in [6.45, 7) is 12.7. The van der Waals surface area contributed by atoms with Crippen molar-refractivity contribution in [1.29, 1.82) is 5.26 Å². The Morgan fingerprint density at radius 1 is 0.656 bits per heavy atom. The van der Waals surface area contributed by atoms with Gasteiger partial charge in [0.05, 0.1) is 25.7 Å². The van der Waals surface area contributed by atoms with Crippen LogP contribution in [0.4, 0.5) is 0 Å². The average molecular weight is 470 g/mol. The van der Waals surface area contributed by atoms with Gasteiger partial charge in [-0.15, -0.1) is 0 Å². The molecule has 0 heterocycles. The maximum absolute atomic E-state index is 8.86. The molecular formula is C28H56NO2P. The van der Waals surface area contributed by atoms with Gasteiger partial charge in [0.2, 0.25) is 0 Å². The lowest BCUT2D eigenvalue weighted by Crippen LogP contribution is -2.18. The molecule has 3 nitrogen and oxygen atoms in total. The van der Waals surface area contributed by atoms with Crippen LogP contribution in [-0.4, -0.2) is 18.9 Å². The average Bonchev–Trinajstić information content (AvgIpc) is 2.75. The predicted octanol–water partition coefficient (Wildman–Crippen LogP) is 10.2. The van der Waals surface area contributed by atoms with E-state index in [2.05, 4.69) is 40.7 Å². The Kier molecular flexibility index (Phi) is 23.9. The van der Waals surface area contributed by atoms with Crippen LogP contribution in [-0.2, 0) is 9.05 Å². The Bertz CT molecular complexity index is 422. The highest BCUT2D eigenvalue weighted by molar-refractivity contribution is 7.48. The van der Waals surface area contributed by atoms with Crippen molar-refractivity contribution in [3.63, 3.8) is 0 Å². The van der Waals surface area contributed by atoms with Gasteiger partial charge >= 0.3 is 0 Å². The molecule has 2 atom stereocenters. The number of unbranched alkanes of at least 4 members (excludes halogenated alkanes) is 13. The quantitative estimate of drug-likeness (QED) is 0.104. The van der Waals surface area contributed by atoms with Gasteiger partial charge < -0.3 is 9.05 Å². The molecule has 0 saturated heterocycles. The molecule has 0 amide bonds. The largest absolute Gasteiger partial charge is 0.334 e. The van der Waals surface area contributed by atoms with Crippen LogP contribution in [0.3, 0.4) is 0 Å². The van der Waals surface area contributed by atoms with Gasteiger partial charge in [0.25, 0.3) is 0 Å². The van der Waals surface area contributed by atoms with Crippen LogP contribution in [0, 0.1) is 23.2 Å². The highest BCUT2D eigenvalue weighted by Crippen LogP contribution is 2.49. The van der Waals surface area contributed by atoms with Crippen molar-refractivity contribution in [2.24, 2.45) is 11.8 Å². The molecule has 0 spiro atoms. The Morgan fingerprint density at radius 3 is 1.56 bits per heavy atom. The monoisotopic (exact) mass is 469 g/mol. The minimum Gasteiger partial charge on any atom is -0.334 e. The fourth-order valence-corrected chi connectivity index (χ4v) is 5.93. The van der Waals surface area contributed by atoms with Gasteiger partial charge in [0, 0.05) is 5.66 Å². The molecular weight excluding hydrogens is 413 g/mol. The van der Waals surface area contributed by atoms with Gasteiger partial charge in [-0.2, -0.15) is 5.26 Å². The summed E-state index contributed by atoms with van der Waals surface area (Å²) >= 11 is 0. The second kappa shape index (κ2) is 24.0. The number of hydrogen-bond acceptors (Lipinski definition) is 3. The summed E-state index contributed by atoms with van der Waals surface area (Å²) in [5, 5.41) is 8.86. The van der Waals surface area contributed by atoms with Gasteiger partial charge in [0.15, 0.2) is 8.38 Å². The summed E-state index contributed by atoms with van der Waals surface area (Å²) in [4.78, 5) is 0. The van der Waals surface area contributed by atoms with Gasteiger partial charge in [0.1, 0.15) is 0 Å². The van der Waals surface area contributed by atoms with Crippen LogP contribution >= 0.6 is 8.38 Å². The van der Waals surface area contributed by atoms with E-state index in [4.69, 9.17) is 14.3 Å². The molecule has 0 aromatic heterocycles. The Morgan fingerprint density at radius 2 is 1.12 bits per heavy atom. The third kappa shape index (κ3) is 20.4. The van der Waals surface area contributed by atoms with E-state index in [9.17, 15) is 0 Å². The maximum Gasteiger partial charge on any atom is 0.174 e. The van der Waals surface area contributed by atoms with Crippen molar-refractivity contribution in [2.75, 3.05) is 13.2 Å². The molecule has 0 rings (SSSR count). The molecule has 0 aliphatic rings. The summed E-state index contributed by atoms with van der Waals surface area (Å²) in [6.07, 6.45) is 22.1. The van der Waals surface area contributed by atoms with Crippen molar-refractivity contribution in [3.8, 4) is 6.07 Å². The number of rotatable bonds is 24. The van der Waals surface area contributed by atoms with Crippen LogP contribution in [0.5, 0.6) is 0 Å². The Labute approximate surface area is 203 Å². The van der Waals surface area contributed by atoms with Gasteiger partial charge in [-0.25, -0.2) is 0 Å². The first-order valence-electron chi connectivity index (χ1n) is 13.9. The SMILES string of the molecule is CCCCCCCCCCCCCCCCO[P@@](OCCC#N)C(CCC(C)C)C(C)C. The molecule has 0 aliphatic heterocycles. The van der Waals surface area contributed by atoms with E-state index in [0.29, 0.717) is 30.5 Å². The molecule has 0 aliphatic carbocycles. The summed E-state index contributed by atoms with van der Waals surface area (Å²) in [7, 11) is -0.899. The van der Waals surface area contributed by atoms with Crippen molar-refractivity contribution in [1.82, 2.24) is 0 Å². The third-order valence-corrected chi connectivity index (χ3v) is 8.50. The van der Waals surface area contributed by atoms with E-state index >= 15 is 0 Å². The first-order valence-corrected chi connectivity index (χ1v) is 15.2. The fourth-order valence-electron chi connectivity index (χ4n) is 4.05. The molecule has 0 N–H and O–H groups in total. The smallest absolute Gasteiger partial charge is 0.174 e. The number of hydrogen-bond donors (Lipinski definition) is 0. The molecule has 0 fully saturated rings. The summed E-state index contributed by atoms with van der Waals surface area (Å²) in [6, 6.07) is 2.19. The zero-order valence-electron chi connectivity index (χ0n) is 22.4. The van der Waals surface area contributed by atoms with E-state index < -0.39 is 8.38 Å². The molecule has 0 bridgehead atoms. The highest BCUT2D eigenvalue weighted by atomic mass is 31.2. The standard InChI is InChI=1S/C28H56NO2P/c1-6-7-8-9-10-11-12-13-14-15-16-17-18-19-24-30-32(31-25-20-23-29)28(27(4)5)22-21-26(2)3/h26-28H,6-22,24-25H2,1-5H3/t28?,32-/m0/s1. The van der Waals surface area contributed by atoms with Crippen LogP contribution in [0.25, 0.3) is 0 Å². The molecule has 190 valence electrons. The number of nitrogens with zero attached hydrogens (tertiary/aromatic N) is 1. The van der Waals surface area contributed by atoms with E-state index in [1.54, 1.807) is 0 Å². The minimum atomic E-state index is -0.899. The second-order valence-electron chi connectivity index (χ2n) is 10.2. The molecule has 0 saturated carbocycles. The van der Waals surface area contributed by atoms with Crippen LogP contribution in [0.1, 0.15) is 144 Å². The summed E-state index contributed by atoms with van der Waals surface area (Å²) < 4.78 is 12.4. The third-order valence-electron chi connectivity index (χ3n) is 6.23. The predicted molar refractivity (Wildman–Crippen MR) is 142 cm³/mol. The van der Waals surface area contributed by atoms with Crippen LogP contribution in [0.2, 0.25) is 0 Å². The van der Waals surface area contributed by atoms with Crippen molar-refractivity contribution in [2.45, 2.75) is 149 Å². The molecule has 32 heavy (non-hydrogen) atoms. The summed E-state index contributed by atoms with van der Waals surface area (Å²) in [5.41, 5.74) is 0.470. The zero-order valence-corrected chi connectivity index (χ0v) is 23.3. The van der Waals surface area contributed by atoms with E-state index in [-0.39, 0.29) is 0 Å². The van der Waals surface area contributed by atoms with E-state index in [1.807, 2.05) is 0 Å². The lowest BCUT2D eigenvalue weighted by atomic mass is 10.0. The molecule has 0 aromatic carbocycles. The van der Waals surface area contributed by atoms with Crippen molar-refractivity contribution >= 4 is 8.38 Å². The van der Waals surface area contributed by atoms with E-state index in [1.165, 1.54) is 89.9 Å². The Hall–Kier alpha value is -0.160. The second-order valence-corrected chi connectivity index (χ2v) is 12.0. The van der Waals surface area contributed by atoms with Crippen molar-refractivity contribution in [3.05, 3.63) is 0 Å².